The molecule has 0 aromatic carbocycles. The third-order valence-electron chi connectivity index (χ3n) is 2.78. The zero-order valence-electron chi connectivity index (χ0n) is 10.2. The molecule has 0 aromatic heterocycles. The van der Waals surface area contributed by atoms with Crippen LogP contribution in [-0.4, -0.2) is 12.4 Å². The van der Waals surface area contributed by atoms with Crippen molar-refractivity contribution in [3.8, 4) is 0 Å². The summed E-state index contributed by atoms with van der Waals surface area (Å²) in [6.45, 7) is 0. The Hall–Kier alpha value is -0.00987. The Morgan fingerprint density at radius 3 is 1.33 bits per heavy atom. The van der Waals surface area contributed by atoms with E-state index in [0.717, 1.165) is 12.2 Å². The van der Waals surface area contributed by atoms with Crippen LogP contribution in [-0.2, 0) is 22.9 Å². The zero-order valence-corrected chi connectivity index (χ0v) is 15.4. The van der Waals surface area contributed by atoms with E-state index < -0.39 is 46.4 Å². The number of rotatable bonds is 2. The fourth-order valence-corrected chi connectivity index (χ4v) is 7.43. The molecule has 0 aliphatic heterocycles. The van der Waals surface area contributed by atoms with Gasteiger partial charge >= 0.3 is 117 Å². The van der Waals surface area contributed by atoms with Gasteiger partial charge in [0, 0.05) is 0 Å². The molecule has 0 fully saturated rings. The first kappa shape index (κ1) is 21.0. The SMILES string of the molecule is FC(F)(F)C1=[C]([Hf+2][C]2=C(C(F)(F)F)C=CC2)CC=C1.[Cl-].[Cl-]. The van der Waals surface area contributed by atoms with Crippen LogP contribution >= 0.6 is 0 Å². The topological polar surface area (TPSA) is 0 Å². The molecule has 0 nitrogen and oxygen atoms in total. The normalized spacial score (nSPS) is 17.8. The first-order valence-corrected chi connectivity index (χ1v) is 8.99. The monoisotopic (exact) mass is 516 g/mol. The molecule has 116 valence electrons. The predicted octanol–water partition coefficient (Wildman–Crippen LogP) is -1.37. The van der Waals surface area contributed by atoms with E-state index in [9.17, 15) is 26.3 Å². The Balaban J connectivity index is 0.00000200. The molecule has 0 bridgehead atoms. The quantitative estimate of drug-likeness (QED) is 0.315. The van der Waals surface area contributed by atoms with Crippen LogP contribution in [0.5, 0.6) is 0 Å². The molecule has 0 unspecified atom stereocenters. The summed E-state index contributed by atoms with van der Waals surface area (Å²) in [4.78, 5) is 0. The van der Waals surface area contributed by atoms with Crippen LogP contribution in [0.2, 0.25) is 0 Å². The van der Waals surface area contributed by atoms with E-state index in [1.165, 1.54) is 12.2 Å². The summed E-state index contributed by atoms with van der Waals surface area (Å²) in [6.07, 6.45) is -3.90. The van der Waals surface area contributed by atoms with Crippen molar-refractivity contribution in [1.82, 2.24) is 0 Å². The maximum Gasteiger partial charge on any atom is -1.00 e. The average Bonchev–Trinajstić information content (AvgIpc) is 2.83. The summed E-state index contributed by atoms with van der Waals surface area (Å²) in [5.74, 6) is 0. The molecule has 0 spiro atoms. The van der Waals surface area contributed by atoms with Gasteiger partial charge in [0.15, 0.2) is 0 Å². The van der Waals surface area contributed by atoms with Crippen molar-refractivity contribution in [1.29, 1.82) is 0 Å². The largest absolute Gasteiger partial charge is 1.00 e. The van der Waals surface area contributed by atoms with Crippen LogP contribution < -0.4 is 24.8 Å². The molecule has 2 aliphatic rings. The summed E-state index contributed by atoms with van der Waals surface area (Å²) in [6, 6.07) is 0. The number of halogens is 8. The van der Waals surface area contributed by atoms with Crippen molar-refractivity contribution < 1.29 is 74.1 Å². The summed E-state index contributed by atoms with van der Waals surface area (Å²) >= 11 is -2.26. The first-order chi connectivity index (χ1) is 8.69. The van der Waals surface area contributed by atoms with Crippen molar-refractivity contribution in [3.63, 3.8) is 0 Å². The minimum Gasteiger partial charge on any atom is -1.00 e. The molecule has 2 rings (SSSR count). The van der Waals surface area contributed by atoms with Gasteiger partial charge in [-0.1, -0.05) is 0 Å². The second kappa shape index (κ2) is 7.51. The van der Waals surface area contributed by atoms with E-state index in [2.05, 4.69) is 0 Å². The van der Waals surface area contributed by atoms with Crippen LogP contribution in [0.3, 0.4) is 0 Å². The van der Waals surface area contributed by atoms with Crippen molar-refractivity contribution >= 4 is 0 Å². The van der Waals surface area contributed by atoms with Crippen molar-refractivity contribution in [3.05, 3.63) is 42.1 Å². The summed E-state index contributed by atoms with van der Waals surface area (Å²) < 4.78 is 76.5. The molecule has 0 N–H and O–H groups in total. The molecule has 0 amide bonds. The number of allylic oxidation sites excluding steroid dienone is 8. The van der Waals surface area contributed by atoms with E-state index in [-0.39, 0.29) is 44.3 Å². The number of hydrogen-bond acceptors (Lipinski definition) is 0. The van der Waals surface area contributed by atoms with Crippen LogP contribution in [0.1, 0.15) is 12.8 Å². The zero-order chi connectivity index (χ0) is 14.3. The number of hydrogen-bond donors (Lipinski definition) is 0. The minimum absolute atomic E-state index is 0. The van der Waals surface area contributed by atoms with E-state index >= 15 is 0 Å². The Labute approximate surface area is 141 Å². The molecule has 0 saturated carbocycles. The Morgan fingerprint density at radius 2 is 1.05 bits per heavy atom. The average molecular weight is 516 g/mol. The van der Waals surface area contributed by atoms with Gasteiger partial charge in [0.2, 0.25) is 0 Å². The molecule has 2 aliphatic carbocycles. The van der Waals surface area contributed by atoms with Crippen molar-refractivity contribution in [2.24, 2.45) is 0 Å². The van der Waals surface area contributed by atoms with Crippen molar-refractivity contribution in [2.45, 2.75) is 25.2 Å². The molecule has 0 heterocycles. The maximum absolute atomic E-state index is 12.7. The molecule has 0 radical (unpaired) electrons. The fraction of sp³-hybridized carbons (Fsp3) is 0.333. The summed E-state index contributed by atoms with van der Waals surface area (Å²) in [7, 11) is 0. The van der Waals surface area contributed by atoms with Crippen LogP contribution in [0.25, 0.3) is 0 Å². The van der Waals surface area contributed by atoms with Gasteiger partial charge in [-0.2, -0.15) is 0 Å². The van der Waals surface area contributed by atoms with Gasteiger partial charge < -0.3 is 24.8 Å². The minimum atomic E-state index is -4.46. The third-order valence-corrected chi connectivity index (χ3v) is 8.35. The Kier molecular flexibility index (Phi) is 7.50. The Bertz CT molecular complexity index is 465. The summed E-state index contributed by atoms with van der Waals surface area (Å²) in [5, 5.41) is 0. The van der Waals surface area contributed by atoms with Crippen LogP contribution in [0, 0.1) is 0 Å². The fourth-order valence-electron chi connectivity index (χ4n) is 1.96. The standard InChI is InChI=1S/2C6H4F3.2ClH.Hf/c2*7-6(8,9)5-3-1-2-4-5;;;/h2*1,3H,2H2;2*1H;/q;;;;+2/p-2. The van der Waals surface area contributed by atoms with Crippen LogP contribution in [0.15, 0.2) is 42.1 Å². The van der Waals surface area contributed by atoms with Crippen LogP contribution in [0.4, 0.5) is 26.3 Å². The van der Waals surface area contributed by atoms with Gasteiger partial charge in [-0.25, -0.2) is 0 Å². The van der Waals surface area contributed by atoms with E-state index in [4.69, 9.17) is 0 Å². The van der Waals surface area contributed by atoms with Gasteiger partial charge in [-0.05, 0) is 0 Å². The summed E-state index contributed by atoms with van der Waals surface area (Å²) in [5.41, 5.74) is -1.45. The number of alkyl halides is 6. The van der Waals surface area contributed by atoms with Gasteiger partial charge in [0.05, 0.1) is 0 Å². The Morgan fingerprint density at radius 1 is 0.714 bits per heavy atom. The van der Waals surface area contributed by atoms with Crippen molar-refractivity contribution in [2.75, 3.05) is 0 Å². The third kappa shape index (κ3) is 4.99. The molecule has 0 atom stereocenters. The molecule has 21 heavy (non-hydrogen) atoms. The second-order valence-corrected chi connectivity index (χ2v) is 9.35. The first-order valence-electron chi connectivity index (χ1n) is 5.40. The van der Waals surface area contributed by atoms with E-state index in [0.29, 0.717) is 0 Å². The van der Waals surface area contributed by atoms with E-state index in [1.54, 1.807) is 0 Å². The van der Waals surface area contributed by atoms with E-state index in [1.807, 2.05) is 0 Å². The van der Waals surface area contributed by atoms with Gasteiger partial charge in [0.1, 0.15) is 0 Å². The maximum atomic E-state index is 12.7. The van der Waals surface area contributed by atoms with Gasteiger partial charge in [-0.15, -0.1) is 0 Å². The predicted molar refractivity (Wildman–Crippen MR) is 53.7 cm³/mol. The smallest absolute Gasteiger partial charge is 1.00 e. The molecule has 0 aromatic rings. The molecular formula is C12H8Cl2F6Hf. The molecule has 0 saturated heterocycles. The van der Waals surface area contributed by atoms with Gasteiger partial charge in [0.25, 0.3) is 0 Å². The molecular weight excluding hydrogens is 508 g/mol. The second-order valence-electron chi connectivity index (χ2n) is 4.12. The molecule has 9 heteroatoms. The van der Waals surface area contributed by atoms with Gasteiger partial charge in [-0.3, -0.25) is 0 Å².